The number of nitrogen functional groups attached to an aromatic ring is 1. The van der Waals surface area contributed by atoms with E-state index >= 15 is 0 Å². The van der Waals surface area contributed by atoms with E-state index in [1.54, 1.807) is 0 Å². The van der Waals surface area contributed by atoms with E-state index in [4.69, 9.17) is 5.73 Å². The summed E-state index contributed by atoms with van der Waals surface area (Å²) < 4.78 is 38.2. The Morgan fingerprint density at radius 1 is 1.36 bits per heavy atom. The van der Waals surface area contributed by atoms with Gasteiger partial charge in [0.2, 0.25) is 11.9 Å². The van der Waals surface area contributed by atoms with Crippen molar-refractivity contribution in [2.24, 2.45) is 5.92 Å². The topological polar surface area (TPSA) is 101 Å². The largest absolute Gasteiger partial charge is 0.416 e. The lowest BCUT2D eigenvalue weighted by Gasteiger charge is -2.22. The molecule has 1 heterocycles. The SMILES string of the molecule is Nc1nc2c(c(=O)[nH]1)CC(C(=O)Nc1cccc(C(F)(F)F)c1)CC2. The summed E-state index contributed by atoms with van der Waals surface area (Å²) in [4.78, 5) is 30.7. The van der Waals surface area contributed by atoms with Crippen molar-refractivity contribution in [2.45, 2.75) is 25.4 Å². The minimum absolute atomic E-state index is 0.0237. The summed E-state index contributed by atoms with van der Waals surface area (Å²) in [7, 11) is 0. The molecule has 0 bridgehead atoms. The van der Waals surface area contributed by atoms with Gasteiger partial charge in [-0.25, -0.2) is 4.98 Å². The summed E-state index contributed by atoms with van der Waals surface area (Å²) >= 11 is 0. The highest BCUT2D eigenvalue weighted by molar-refractivity contribution is 5.93. The quantitative estimate of drug-likeness (QED) is 0.770. The third kappa shape index (κ3) is 3.65. The number of aromatic nitrogens is 2. The molecule has 1 aromatic heterocycles. The molecule has 132 valence electrons. The maximum Gasteiger partial charge on any atom is 0.416 e. The third-order valence-electron chi connectivity index (χ3n) is 4.13. The van der Waals surface area contributed by atoms with Gasteiger partial charge in [-0.2, -0.15) is 13.2 Å². The molecule has 1 amide bonds. The van der Waals surface area contributed by atoms with Gasteiger partial charge in [-0.1, -0.05) is 6.07 Å². The van der Waals surface area contributed by atoms with Crippen LogP contribution in [0.3, 0.4) is 0 Å². The Labute approximate surface area is 140 Å². The molecule has 9 heteroatoms. The molecule has 1 atom stereocenters. The van der Waals surface area contributed by atoms with Crippen LogP contribution in [0.5, 0.6) is 0 Å². The van der Waals surface area contributed by atoms with Crippen LogP contribution in [0.15, 0.2) is 29.1 Å². The maximum atomic E-state index is 12.7. The molecule has 0 radical (unpaired) electrons. The molecule has 0 spiro atoms. The van der Waals surface area contributed by atoms with Gasteiger partial charge in [0.25, 0.3) is 5.56 Å². The fourth-order valence-electron chi connectivity index (χ4n) is 2.88. The fourth-order valence-corrected chi connectivity index (χ4v) is 2.88. The zero-order valence-corrected chi connectivity index (χ0v) is 13.0. The molecule has 4 N–H and O–H groups in total. The summed E-state index contributed by atoms with van der Waals surface area (Å²) in [6.45, 7) is 0. The smallest absolute Gasteiger partial charge is 0.369 e. The van der Waals surface area contributed by atoms with Crippen LogP contribution in [0.2, 0.25) is 0 Å². The third-order valence-corrected chi connectivity index (χ3v) is 4.13. The van der Waals surface area contributed by atoms with Gasteiger partial charge in [0.15, 0.2) is 0 Å². The van der Waals surface area contributed by atoms with Gasteiger partial charge >= 0.3 is 6.18 Å². The number of benzene rings is 1. The van der Waals surface area contributed by atoms with Gasteiger partial charge in [-0.15, -0.1) is 0 Å². The Kier molecular flexibility index (Phi) is 4.23. The zero-order chi connectivity index (χ0) is 18.2. The number of carbonyl (C=O) groups is 1. The number of H-pyrrole nitrogens is 1. The number of hydrogen-bond acceptors (Lipinski definition) is 4. The summed E-state index contributed by atoms with van der Waals surface area (Å²) in [5.41, 5.74) is 5.28. The first-order valence-corrected chi connectivity index (χ1v) is 7.59. The molecule has 2 aromatic rings. The second kappa shape index (κ2) is 6.23. The number of rotatable bonds is 2. The van der Waals surface area contributed by atoms with Gasteiger partial charge in [0, 0.05) is 17.2 Å². The van der Waals surface area contributed by atoms with Crippen LogP contribution in [-0.4, -0.2) is 15.9 Å². The van der Waals surface area contributed by atoms with Crippen molar-refractivity contribution in [3.63, 3.8) is 0 Å². The van der Waals surface area contributed by atoms with Crippen molar-refractivity contribution in [3.8, 4) is 0 Å². The highest BCUT2D eigenvalue weighted by Gasteiger charge is 2.31. The van der Waals surface area contributed by atoms with E-state index in [-0.39, 0.29) is 23.6 Å². The van der Waals surface area contributed by atoms with Gasteiger partial charge < -0.3 is 11.1 Å². The van der Waals surface area contributed by atoms with Crippen LogP contribution in [0.25, 0.3) is 0 Å². The average molecular weight is 352 g/mol. The average Bonchev–Trinajstić information content (AvgIpc) is 2.54. The number of halogens is 3. The lowest BCUT2D eigenvalue weighted by Crippen LogP contribution is -2.33. The summed E-state index contributed by atoms with van der Waals surface area (Å²) in [6, 6.07) is 4.43. The van der Waals surface area contributed by atoms with E-state index in [1.165, 1.54) is 12.1 Å². The number of aromatic amines is 1. The highest BCUT2D eigenvalue weighted by Crippen LogP contribution is 2.31. The van der Waals surface area contributed by atoms with E-state index in [1.807, 2.05) is 0 Å². The molecule has 1 aromatic carbocycles. The molecular weight excluding hydrogens is 337 g/mol. The van der Waals surface area contributed by atoms with E-state index in [0.29, 0.717) is 24.1 Å². The van der Waals surface area contributed by atoms with E-state index in [9.17, 15) is 22.8 Å². The van der Waals surface area contributed by atoms with Gasteiger partial charge in [-0.05, 0) is 37.5 Å². The van der Waals surface area contributed by atoms with Crippen molar-refractivity contribution in [3.05, 3.63) is 51.4 Å². The predicted molar refractivity (Wildman–Crippen MR) is 84.9 cm³/mol. The van der Waals surface area contributed by atoms with Gasteiger partial charge in [0.1, 0.15) is 0 Å². The Hall–Kier alpha value is -2.84. The Morgan fingerprint density at radius 2 is 2.12 bits per heavy atom. The summed E-state index contributed by atoms with van der Waals surface area (Å²) in [5.74, 6) is -0.926. The van der Waals surface area contributed by atoms with Crippen molar-refractivity contribution in [1.82, 2.24) is 9.97 Å². The molecule has 1 aliphatic rings. The number of hydrogen-bond donors (Lipinski definition) is 3. The lowest BCUT2D eigenvalue weighted by molar-refractivity contribution is -0.137. The van der Waals surface area contributed by atoms with Crippen molar-refractivity contribution in [1.29, 1.82) is 0 Å². The molecule has 0 saturated carbocycles. The van der Waals surface area contributed by atoms with Crippen LogP contribution in [0.4, 0.5) is 24.8 Å². The van der Waals surface area contributed by atoms with Crippen molar-refractivity contribution < 1.29 is 18.0 Å². The van der Waals surface area contributed by atoms with Gasteiger partial charge in [0.05, 0.1) is 11.3 Å². The van der Waals surface area contributed by atoms with E-state index in [0.717, 1.165) is 12.1 Å². The summed E-state index contributed by atoms with van der Waals surface area (Å²) in [6.07, 6.45) is -3.47. The molecule has 0 saturated heterocycles. The molecule has 1 aliphatic carbocycles. The number of anilines is 2. The van der Waals surface area contributed by atoms with Crippen LogP contribution < -0.4 is 16.6 Å². The maximum absolute atomic E-state index is 12.7. The number of nitrogens with one attached hydrogen (secondary N) is 2. The lowest BCUT2D eigenvalue weighted by atomic mass is 9.86. The number of nitrogens with zero attached hydrogens (tertiary/aromatic N) is 1. The zero-order valence-electron chi connectivity index (χ0n) is 13.0. The fraction of sp³-hybridized carbons (Fsp3) is 0.312. The molecule has 1 unspecified atom stereocenters. The Balaban J connectivity index is 1.76. The minimum atomic E-state index is -4.48. The van der Waals surface area contributed by atoms with Crippen LogP contribution in [0.1, 0.15) is 23.2 Å². The number of aryl methyl sites for hydroxylation is 1. The van der Waals surface area contributed by atoms with Gasteiger partial charge in [-0.3, -0.25) is 14.6 Å². The normalized spacial score (nSPS) is 17.0. The number of amides is 1. The van der Waals surface area contributed by atoms with Crippen LogP contribution in [-0.2, 0) is 23.8 Å². The number of carbonyl (C=O) groups excluding carboxylic acids is 1. The Bertz CT molecular complexity index is 876. The number of fused-ring (bicyclic) bond motifs is 1. The highest BCUT2D eigenvalue weighted by atomic mass is 19.4. The molecule has 3 rings (SSSR count). The van der Waals surface area contributed by atoms with Crippen molar-refractivity contribution in [2.75, 3.05) is 11.1 Å². The first kappa shape index (κ1) is 17.0. The van der Waals surface area contributed by atoms with E-state index < -0.39 is 23.6 Å². The van der Waals surface area contributed by atoms with Crippen LogP contribution >= 0.6 is 0 Å². The monoisotopic (exact) mass is 352 g/mol. The second-order valence-electron chi connectivity index (χ2n) is 5.88. The standard InChI is InChI=1S/C16H15F3N4O2/c17-16(18,19)9-2-1-3-10(7-9)21-13(24)8-4-5-12-11(6-8)14(25)23-15(20)22-12/h1-3,7-8H,4-6H2,(H,21,24)(H3,20,22,23,25). The molecule has 25 heavy (non-hydrogen) atoms. The number of alkyl halides is 3. The van der Waals surface area contributed by atoms with E-state index in [2.05, 4.69) is 15.3 Å². The molecular formula is C16H15F3N4O2. The summed E-state index contributed by atoms with van der Waals surface area (Å²) in [5, 5.41) is 2.49. The molecule has 0 aliphatic heterocycles. The minimum Gasteiger partial charge on any atom is -0.369 e. The predicted octanol–water partition coefficient (Wildman–Crippen LogP) is 2.11. The molecule has 0 fully saturated rings. The second-order valence-corrected chi connectivity index (χ2v) is 5.88. The number of nitrogens with two attached hydrogens (primary N) is 1. The molecule has 6 nitrogen and oxygen atoms in total. The Morgan fingerprint density at radius 3 is 2.84 bits per heavy atom. The first-order valence-electron chi connectivity index (χ1n) is 7.59. The van der Waals surface area contributed by atoms with Crippen LogP contribution in [0, 0.1) is 5.92 Å². The van der Waals surface area contributed by atoms with Crippen molar-refractivity contribution >= 4 is 17.5 Å². The first-order chi connectivity index (χ1) is 11.7.